The van der Waals surface area contributed by atoms with E-state index in [2.05, 4.69) is 5.32 Å². The highest BCUT2D eigenvalue weighted by Gasteiger charge is 2.27. The van der Waals surface area contributed by atoms with E-state index < -0.39 is 17.8 Å². The molecule has 0 atom stereocenters. The molecule has 1 amide bonds. The Labute approximate surface area is 172 Å². The van der Waals surface area contributed by atoms with Crippen LogP contribution in [0.5, 0.6) is 0 Å². The SMILES string of the molecule is CCOC(=O)c1c(NC(=O)Cn2cccc(C)c2=O)sc(C(=O)OC(C)C)c1C. The Morgan fingerprint density at radius 2 is 1.90 bits per heavy atom. The van der Waals surface area contributed by atoms with Crippen molar-refractivity contribution in [3.05, 3.63) is 50.3 Å². The maximum Gasteiger partial charge on any atom is 0.348 e. The number of nitrogens with one attached hydrogen (secondary N) is 1. The summed E-state index contributed by atoms with van der Waals surface area (Å²) in [7, 11) is 0. The van der Waals surface area contributed by atoms with Gasteiger partial charge in [0, 0.05) is 11.8 Å². The lowest BCUT2D eigenvalue weighted by molar-refractivity contribution is -0.116. The second-order valence-electron chi connectivity index (χ2n) is 6.61. The van der Waals surface area contributed by atoms with E-state index in [0.29, 0.717) is 11.1 Å². The van der Waals surface area contributed by atoms with Gasteiger partial charge < -0.3 is 19.4 Å². The van der Waals surface area contributed by atoms with Gasteiger partial charge in [0.1, 0.15) is 16.4 Å². The first-order chi connectivity index (χ1) is 13.6. The molecule has 0 spiro atoms. The van der Waals surface area contributed by atoms with Crippen molar-refractivity contribution in [2.75, 3.05) is 11.9 Å². The minimum atomic E-state index is -0.645. The van der Waals surface area contributed by atoms with Crippen LogP contribution in [0.4, 0.5) is 5.00 Å². The van der Waals surface area contributed by atoms with Crippen LogP contribution in [-0.4, -0.2) is 35.1 Å². The molecule has 0 aliphatic heterocycles. The van der Waals surface area contributed by atoms with Crippen LogP contribution in [0.3, 0.4) is 0 Å². The normalized spacial score (nSPS) is 10.7. The van der Waals surface area contributed by atoms with E-state index in [1.165, 1.54) is 10.8 Å². The second-order valence-corrected chi connectivity index (χ2v) is 7.63. The Balaban J connectivity index is 2.35. The van der Waals surface area contributed by atoms with E-state index in [9.17, 15) is 19.2 Å². The number of rotatable bonds is 7. The zero-order valence-electron chi connectivity index (χ0n) is 17.0. The van der Waals surface area contributed by atoms with Gasteiger partial charge in [-0.1, -0.05) is 6.07 Å². The summed E-state index contributed by atoms with van der Waals surface area (Å²) in [4.78, 5) is 49.6. The summed E-state index contributed by atoms with van der Waals surface area (Å²) in [5.41, 5.74) is 0.717. The zero-order valence-corrected chi connectivity index (χ0v) is 17.8. The number of hydrogen-bond donors (Lipinski definition) is 1. The first kappa shape index (κ1) is 22.4. The number of hydrogen-bond acceptors (Lipinski definition) is 7. The minimum absolute atomic E-state index is 0.109. The topological polar surface area (TPSA) is 104 Å². The molecule has 2 rings (SSSR count). The molecule has 0 aliphatic carbocycles. The van der Waals surface area contributed by atoms with Gasteiger partial charge in [0.2, 0.25) is 5.91 Å². The number of anilines is 1. The van der Waals surface area contributed by atoms with Crippen LogP contribution in [0.2, 0.25) is 0 Å². The first-order valence-corrected chi connectivity index (χ1v) is 9.94. The van der Waals surface area contributed by atoms with Crippen molar-refractivity contribution in [3.8, 4) is 0 Å². The fourth-order valence-electron chi connectivity index (χ4n) is 2.62. The predicted octanol–water partition coefficient (Wildman–Crippen LogP) is 2.91. The van der Waals surface area contributed by atoms with Gasteiger partial charge in [-0.05, 0) is 46.2 Å². The van der Waals surface area contributed by atoms with Crippen molar-refractivity contribution in [1.82, 2.24) is 4.57 Å². The van der Waals surface area contributed by atoms with Gasteiger partial charge in [-0.25, -0.2) is 9.59 Å². The molecule has 8 nitrogen and oxygen atoms in total. The molecule has 1 N–H and O–H groups in total. The molecule has 0 aliphatic rings. The third-order valence-corrected chi connectivity index (χ3v) is 5.12. The summed E-state index contributed by atoms with van der Waals surface area (Å²) in [6.45, 7) is 8.27. The molecule has 29 heavy (non-hydrogen) atoms. The molecule has 0 saturated heterocycles. The Morgan fingerprint density at radius 1 is 1.21 bits per heavy atom. The molecule has 0 fully saturated rings. The molecule has 0 aromatic carbocycles. The first-order valence-electron chi connectivity index (χ1n) is 9.13. The summed E-state index contributed by atoms with van der Waals surface area (Å²) < 4.78 is 11.6. The van der Waals surface area contributed by atoms with Crippen molar-refractivity contribution in [2.45, 2.75) is 47.3 Å². The molecule has 2 aromatic heterocycles. The summed E-state index contributed by atoms with van der Waals surface area (Å²) >= 11 is 0.942. The number of esters is 2. The van der Waals surface area contributed by atoms with Crippen LogP contribution in [0.15, 0.2) is 23.1 Å². The van der Waals surface area contributed by atoms with Gasteiger partial charge >= 0.3 is 11.9 Å². The second kappa shape index (κ2) is 9.51. The summed E-state index contributed by atoms with van der Waals surface area (Å²) in [6.07, 6.45) is 1.17. The van der Waals surface area contributed by atoms with Gasteiger partial charge in [0.05, 0.1) is 18.3 Å². The van der Waals surface area contributed by atoms with Crippen LogP contribution in [0.1, 0.15) is 51.9 Å². The van der Waals surface area contributed by atoms with Gasteiger partial charge in [0.15, 0.2) is 0 Å². The van der Waals surface area contributed by atoms with Crippen LogP contribution in [0.25, 0.3) is 0 Å². The van der Waals surface area contributed by atoms with Crippen molar-refractivity contribution in [1.29, 1.82) is 0 Å². The van der Waals surface area contributed by atoms with Crippen LogP contribution >= 0.6 is 11.3 Å². The molecular weight excluding hydrogens is 396 g/mol. The third-order valence-electron chi connectivity index (χ3n) is 3.93. The van der Waals surface area contributed by atoms with E-state index in [0.717, 1.165) is 11.3 Å². The molecule has 2 aromatic rings. The summed E-state index contributed by atoms with van der Waals surface area (Å²) in [5.74, 6) is -1.73. The van der Waals surface area contributed by atoms with Crippen molar-refractivity contribution >= 4 is 34.2 Å². The Morgan fingerprint density at radius 3 is 2.52 bits per heavy atom. The standard InChI is InChI=1S/C20H24N2O6S/c1-6-27-19(25)15-13(5)16(20(26)28-11(2)3)29-17(15)21-14(23)10-22-9-7-8-12(4)18(22)24/h7-9,11H,6,10H2,1-5H3,(H,21,23). The van der Waals surface area contributed by atoms with Crippen molar-refractivity contribution < 1.29 is 23.9 Å². The minimum Gasteiger partial charge on any atom is -0.462 e. The summed E-state index contributed by atoms with van der Waals surface area (Å²) in [5, 5.41) is 2.81. The quantitative estimate of drug-likeness (QED) is 0.691. The number of nitrogens with zero attached hydrogens (tertiary/aromatic N) is 1. The number of aryl methyl sites for hydroxylation is 1. The van der Waals surface area contributed by atoms with Crippen LogP contribution < -0.4 is 10.9 Å². The number of ether oxygens (including phenoxy) is 2. The van der Waals surface area contributed by atoms with E-state index in [4.69, 9.17) is 9.47 Å². The molecule has 2 heterocycles. The Hall–Kier alpha value is -2.94. The Bertz CT molecular complexity index is 989. The number of carbonyl (C=O) groups excluding carboxylic acids is 3. The fraction of sp³-hybridized carbons (Fsp3) is 0.400. The van der Waals surface area contributed by atoms with Gasteiger partial charge in [0.25, 0.3) is 5.56 Å². The van der Waals surface area contributed by atoms with Crippen molar-refractivity contribution in [3.63, 3.8) is 0 Å². The van der Waals surface area contributed by atoms with Crippen molar-refractivity contribution in [2.24, 2.45) is 0 Å². The molecule has 0 saturated carbocycles. The smallest absolute Gasteiger partial charge is 0.348 e. The number of pyridine rings is 1. The van der Waals surface area contributed by atoms with Crippen LogP contribution in [-0.2, 0) is 20.8 Å². The molecular formula is C20H24N2O6S. The molecule has 0 radical (unpaired) electrons. The largest absolute Gasteiger partial charge is 0.462 e. The molecule has 156 valence electrons. The number of thiophene rings is 1. The van der Waals surface area contributed by atoms with E-state index in [1.807, 2.05) is 0 Å². The third kappa shape index (κ3) is 5.32. The monoisotopic (exact) mass is 420 g/mol. The number of aromatic nitrogens is 1. The number of amides is 1. The van der Waals surface area contributed by atoms with Gasteiger partial charge in [-0.2, -0.15) is 0 Å². The lowest BCUT2D eigenvalue weighted by Gasteiger charge is -2.09. The van der Waals surface area contributed by atoms with Gasteiger partial charge in [-0.15, -0.1) is 11.3 Å². The van der Waals surface area contributed by atoms with Crippen LogP contribution in [0, 0.1) is 13.8 Å². The summed E-state index contributed by atoms with van der Waals surface area (Å²) in [6, 6.07) is 3.33. The predicted molar refractivity (Wildman–Crippen MR) is 110 cm³/mol. The molecule has 0 unspecified atom stereocenters. The molecule has 9 heteroatoms. The maximum atomic E-state index is 12.5. The Kier molecular flexibility index (Phi) is 7.33. The highest BCUT2D eigenvalue weighted by molar-refractivity contribution is 7.18. The fourth-order valence-corrected chi connectivity index (χ4v) is 3.71. The van der Waals surface area contributed by atoms with Gasteiger partial charge in [-0.3, -0.25) is 9.59 Å². The van der Waals surface area contributed by atoms with E-state index in [1.54, 1.807) is 46.8 Å². The van der Waals surface area contributed by atoms with E-state index >= 15 is 0 Å². The molecule has 0 bridgehead atoms. The number of carbonyl (C=O) groups is 3. The lowest BCUT2D eigenvalue weighted by Crippen LogP contribution is -2.28. The average molecular weight is 420 g/mol. The lowest BCUT2D eigenvalue weighted by atomic mass is 10.1. The highest BCUT2D eigenvalue weighted by atomic mass is 32.1. The average Bonchev–Trinajstić information content (AvgIpc) is 2.94. The zero-order chi connectivity index (χ0) is 21.7. The maximum absolute atomic E-state index is 12.5. The highest BCUT2D eigenvalue weighted by Crippen LogP contribution is 2.34. The van der Waals surface area contributed by atoms with E-state index in [-0.39, 0.29) is 40.3 Å².